The van der Waals surface area contributed by atoms with Crippen LogP contribution >= 0.6 is 11.6 Å². The number of hydrogen-bond donors (Lipinski definition) is 0. The highest BCUT2D eigenvalue weighted by atomic mass is 35.5. The van der Waals surface area contributed by atoms with Gasteiger partial charge in [-0.1, -0.05) is 36.2 Å². The van der Waals surface area contributed by atoms with Crippen LogP contribution in [0.25, 0.3) is 5.69 Å². The number of tetrazole rings is 1. The quantitative estimate of drug-likeness (QED) is 0.604. The molecule has 0 aliphatic carbocycles. The van der Waals surface area contributed by atoms with Gasteiger partial charge in [0.25, 0.3) is 0 Å². The zero-order chi connectivity index (χ0) is 16.1. The van der Waals surface area contributed by atoms with E-state index in [4.69, 9.17) is 16.4 Å². The van der Waals surface area contributed by atoms with Gasteiger partial charge in [-0.15, -0.1) is 0 Å². The molecule has 2 aromatic rings. The summed E-state index contributed by atoms with van der Waals surface area (Å²) in [5.41, 5.74) is 1.73. The van der Waals surface area contributed by atoms with Gasteiger partial charge in [0.2, 0.25) is 0 Å². The van der Waals surface area contributed by atoms with E-state index in [-0.39, 0.29) is 12.3 Å². The molecule has 0 fully saturated rings. The summed E-state index contributed by atoms with van der Waals surface area (Å²) < 4.78 is 2.34. The second-order valence-corrected chi connectivity index (χ2v) is 5.29. The van der Waals surface area contributed by atoms with E-state index in [1.807, 2.05) is 6.92 Å². The SMILES string of the molecule is CCCC(C)=NOCc1c(Cl)cccc1-n1nnn(C)c1=O. The Kier molecular flexibility index (Phi) is 5.32. The van der Waals surface area contributed by atoms with Crippen molar-refractivity contribution >= 4 is 17.3 Å². The van der Waals surface area contributed by atoms with Crippen LogP contribution in [0.1, 0.15) is 32.3 Å². The minimum atomic E-state index is -0.353. The Morgan fingerprint density at radius 2 is 2.18 bits per heavy atom. The predicted octanol–water partition coefficient (Wildman–Crippen LogP) is 2.31. The van der Waals surface area contributed by atoms with Crippen LogP contribution in [0.4, 0.5) is 0 Å². The number of rotatable bonds is 6. The number of oxime groups is 1. The van der Waals surface area contributed by atoms with Crippen molar-refractivity contribution in [2.24, 2.45) is 12.2 Å². The molecule has 1 heterocycles. The van der Waals surface area contributed by atoms with Crippen molar-refractivity contribution < 1.29 is 4.84 Å². The normalized spacial score (nSPS) is 11.7. The van der Waals surface area contributed by atoms with E-state index in [1.54, 1.807) is 18.2 Å². The molecule has 0 spiro atoms. The van der Waals surface area contributed by atoms with Gasteiger partial charge in [-0.05, 0) is 35.9 Å². The summed E-state index contributed by atoms with van der Waals surface area (Å²) in [6.45, 7) is 4.13. The van der Waals surface area contributed by atoms with Crippen LogP contribution in [0, 0.1) is 0 Å². The lowest BCUT2D eigenvalue weighted by Gasteiger charge is -2.09. The van der Waals surface area contributed by atoms with Crippen LogP contribution in [0.2, 0.25) is 5.02 Å². The third-order valence-corrected chi connectivity index (χ3v) is 3.44. The summed E-state index contributed by atoms with van der Waals surface area (Å²) in [4.78, 5) is 17.3. The number of halogens is 1. The highest BCUT2D eigenvalue weighted by molar-refractivity contribution is 6.31. The minimum absolute atomic E-state index is 0.152. The monoisotopic (exact) mass is 323 g/mol. The van der Waals surface area contributed by atoms with Crippen molar-refractivity contribution in [2.45, 2.75) is 33.3 Å². The highest BCUT2D eigenvalue weighted by Gasteiger charge is 2.14. The molecule has 0 bridgehead atoms. The highest BCUT2D eigenvalue weighted by Crippen LogP contribution is 2.23. The predicted molar refractivity (Wildman–Crippen MR) is 84.4 cm³/mol. The van der Waals surface area contributed by atoms with E-state index in [9.17, 15) is 4.79 Å². The molecule has 0 aliphatic rings. The maximum Gasteiger partial charge on any atom is 0.368 e. The molecule has 0 amide bonds. The van der Waals surface area contributed by atoms with Crippen molar-refractivity contribution in [3.63, 3.8) is 0 Å². The molecule has 0 unspecified atom stereocenters. The van der Waals surface area contributed by atoms with Gasteiger partial charge in [-0.3, -0.25) is 0 Å². The molecule has 0 aliphatic heterocycles. The molecule has 118 valence electrons. The van der Waals surface area contributed by atoms with Crippen molar-refractivity contribution in [3.05, 3.63) is 39.3 Å². The smallest absolute Gasteiger partial charge is 0.368 e. The Morgan fingerprint density at radius 3 is 2.82 bits per heavy atom. The summed E-state index contributed by atoms with van der Waals surface area (Å²) in [7, 11) is 1.53. The van der Waals surface area contributed by atoms with Crippen LogP contribution in [0.3, 0.4) is 0 Å². The first kappa shape index (κ1) is 16.2. The topological polar surface area (TPSA) is 74.3 Å². The standard InChI is InChI=1S/C14H18ClN5O2/c1-4-6-10(2)16-22-9-11-12(15)7-5-8-13(11)20-14(21)19(3)17-18-20/h5,7-8H,4,6,9H2,1-3H3. The molecule has 0 N–H and O–H groups in total. The molecular weight excluding hydrogens is 306 g/mol. The number of hydrogen-bond acceptors (Lipinski definition) is 5. The molecule has 0 saturated heterocycles. The van der Waals surface area contributed by atoms with Crippen molar-refractivity contribution in [3.8, 4) is 5.69 Å². The number of aromatic nitrogens is 4. The van der Waals surface area contributed by atoms with E-state index in [0.29, 0.717) is 16.3 Å². The largest absolute Gasteiger partial charge is 0.391 e. The maximum absolute atomic E-state index is 12.0. The molecule has 0 radical (unpaired) electrons. The molecular formula is C14H18ClN5O2. The molecule has 8 heteroatoms. The van der Waals surface area contributed by atoms with E-state index in [0.717, 1.165) is 23.2 Å². The van der Waals surface area contributed by atoms with Gasteiger partial charge in [0.15, 0.2) is 0 Å². The number of nitrogens with zero attached hydrogens (tertiary/aromatic N) is 5. The van der Waals surface area contributed by atoms with Gasteiger partial charge in [0, 0.05) is 17.6 Å². The number of benzene rings is 1. The Bertz CT molecular complexity index is 735. The van der Waals surface area contributed by atoms with Crippen molar-refractivity contribution in [1.29, 1.82) is 0 Å². The maximum atomic E-state index is 12.0. The summed E-state index contributed by atoms with van der Waals surface area (Å²) in [6, 6.07) is 5.21. The second kappa shape index (κ2) is 7.22. The van der Waals surface area contributed by atoms with Crippen molar-refractivity contribution in [2.75, 3.05) is 0 Å². The van der Waals surface area contributed by atoms with Crippen LogP contribution < -0.4 is 5.69 Å². The average molecular weight is 324 g/mol. The van der Waals surface area contributed by atoms with Crippen LogP contribution in [-0.4, -0.2) is 25.5 Å². The van der Waals surface area contributed by atoms with Crippen molar-refractivity contribution in [1.82, 2.24) is 19.8 Å². The van der Waals surface area contributed by atoms with Gasteiger partial charge in [0.05, 0.1) is 11.4 Å². The average Bonchev–Trinajstić information content (AvgIpc) is 2.81. The van der Waals surface area contributed by atoms with Crippen LogP contribution in [-0.2, 0) is 18.5 Å². The third-order valence-electron chi connectivity index (χ3n) is 3.09. The third kappa shape index (κ3) is 3.54. The summed E-state index contributed by atoms with van der Waals surface area (Å²) in [5, 5.41) is 12.1. The van der Waals surface area contributed by atoms with Gasteiger partial charge in [0.1, 0.15) is 6.61 Å². The second-order valence-electron chi connectivity index (χ2n) is 4.88. The molecule has 1 aromatic carbocycles. The minimum Gasteiger partial charge on any atom is -0.391 e. The van der Waals surface area contributed by atoms with E-state index < -0.39 is 0 Å². The number of aryl methyl sites for hydroxylation is 1. The first-order valence-corrected chi connectivity index (χ1v) is 7.34. The fraction of sp³-hybridized carbons (Fsp3) is 0.429. The molecule has 0 saturated carbocycles. The summed E-state index contributed by atoms with van der Waals surface area (Å²) in [6.07, 6.45) is 1.88. The zero-order valence-electron chi connectivity index (χ0n) is 12.8. The Hall–Kier alpha value is -2.15. The summed E-state index contributed by atoms with van der Waals surface area (Å²) >= 11 is 6.22. The lowest BCUT2D eigenvalue weighted by atomic mass is 10.2. The van der Waals surface area contributed by atoms with E-state index in [1.165, 1.54) is 11.7 Å². The molecule has 1 aromatic heterocycles. The van der Waals surface area contributed by atoms with Gasteiger partial charge in [-0.25, -0.2) is 4.79 Å². The van der Waals surface area contributed by atoms with Crippen LogP contribution in [0.15, 0.2) is 28.1 Å². The van der Waals surface area contributed by atoms with Gasteiger partial charge < -0.3 is 4.84 Å². The lowest BCUT2D eigenvalue weighted by Crippen LogP contribution is -2.23. The van der Waals surface area contributed by atoms with Crippen LogP contribution in [0.5, 0.6) is 0 Å². The summed E-state index contributed by atoms with van der Waals surface area (Å²) in [5.74, 6) is 0. The first-order chi connectivity index (χ1) is 10.5. The molecule has 2 rings (SSSR count). The molecule has 22 heavy (non-hydrogen) atoms. The fourth-order valence-corrected chi connectivity index (χ4v) is 2.19. The zero-order valence-corrected chi connectivity index (χ0v) is 13.5. The van der Waals surface area contributed by atoms with Gasteiger partial charge >= 0.3 is 5.69 Å². The Labute approximate surface area is 133 Å². The fourth-order valence-electron chi connectivity index (χ4n) is 1.97. The van der Waals surface area contributed by atoms with Gasteiger partial charge in [-0.2, -0.15) is 9.36 Å². The molecule has 7 nitrogen and oxygen atoms in total. The Balaban J connectivity index is 2.30. The van der Waals surface area contributed by atoms with E-state index in [2.05, 4.69) is 22.5 Å². The lowest BCUT2D eigenvalue weighted by molar-refractivity contribution is 0.129. The first-order valence-electron chi connectivity index (χ1n) is 6.96. The Morgan fingerprint density at radius 1 is 1.41 bits per heavy atom. The molecule has 0 atom stereocenters. The van der Waals surface area contributed by atoms with E-state index >= 15 is 0 Å².